The average molecular weight is 277 g/mol. The number of nitrogens with zero attached hydrogens (tertiary/aromatic N) is 2. The SMILES string of the molecule is c1ccc(Cc2ccccc2NCCn2cccn2)cc1. The Morgan fingerprint density at radius 2 is 1.71 bits per heavy atom. The van der Waals surface area contributed by atoms with Crippen LogP contribution < -0.4 is 5.32 Å². The van der Waals surface area contributed by atoms with E-state index in [2.05, 4.69) is 65.0 Å². The molecule has 0 fully saturated rings. The molecule has 0 aliphatic rings. The van der Waals surface area contributed by atoms with E-state index < -0.39 is 0 Å². The summed E-state index contributed by atoms with van der Waals surface area (Å²) in [7, 11) is 0. The molecule has 1 aromatic heterocycles. The van der Waals surface area contributed by atoms with Gasteiger partial charge in [-0.25, -0.2) is 0 Å². The van der Waals surface area contributed by atoms with Gasteiger partial charge in [-0.2, -0.15) is 5.10 Å². The summed E-state index contributed by atoms with van der Waals surface area (Å²) in [6, 6.07) is 21.0. The van der Waals surface area contributed by atoms with Gasteiger partial charge < -0.3 is 5.32 Å². The Hall–Kier alpha value is -2.55. The standard InChI is InChI=1S/C18H19N3/c1-2-7-16(8-3-1)15-17-9-4-5-10-18(17)19-12-14-21-13-6-11-20-21/h1-11,13,19H,12,14-15H2. The molecule has 0 unspecified atom stereocenters. The fraction of sp³-hybridized carbons (Fsp3) is 0.167. The van der Waals surface area contributed by atoms with Gasteiger partial charge in [-0.1, -0.05) is 48.5 Å². The predicted molar refractivity (Wildman–Crippen MR) is 86.4 cm³/mol. The maximum absolute atomic E-state index is 4.21. The molecule has 0 atom stereocenters. The smallest absolute Gasteiger partial charge is 0.0582 e. The van der Waals surface area contributed by atoms with Crippen molar-refractivity contribution in [3.63, 3.8) is 0 Å². The molecule has 0 bridgehead atoms. The molecule has 1 N–H and O–H groups in total. The van der Waals surface area contributed by atoms with Crippen LogP contribution in [-0.2, 0) is 13.0 Å². The van der Waals surface area contributed by atoms with Crippen LogP contribution in [0.1, 0.15) is 11.1 Å². The molecular formula is C18H19N3. The normalized spacial score (nSPS) is 10.5. The molecule has 0 saturated carbocycles. The third-order valence-corrected chi connectivity index (χ3v) is 3.47. The van der Waals surface area contributed by atoms with Gasteiger partial charge in [0.2, 0.25) is 0 Å². The summed E-state index contributed by atoms with van der Waals surface area (Å²) in [5.74, 6) is 0. The van der Waals surface area contributed by atoms with E-state index in [9.17, 15) is 0 Å². The topological polar surface area (TPSA) is 29.9 Å². The zero-order chi connectivity index (χ0) is 14.3. The number of hydrogen-bond donors (Lipinski definition) is 1. The van der Waals surface area contributed by atoms with Crippen molar-refractivity contribution in [2.45, 2.75) is 13.0 Å². The van der Waals surface area contributed by atoms with Gasteiger partial charge >= 0.3 is 0 Å². The van der Waals surface area contributed by atoms with Gasteiger partial charge in [0, 0.05) is 24.6 Å². The largest absolute Gasteiger partial charge is 0.383 e. The lowest BCUT2D eigenvalue weighted by atomic mass is 10.0. The van der Waals surface area contributed by atoms with Gasteiger partial charge in [0.25, 0.3) is 0 Å². The second-order valence-corrected chi connectivity index (χ2v) is 5.02. The number of nitrogens with one attached hydrogen (secondary N) is 1. The Morgan fingerprint density at radius 3 is 2.52 bits per heavy atom. The monoisotopic (exact) mass is 277 g/mol. The van der Waals surface area contributed by atoms with Crippen LogP contribution in [0.15, 0.2) is 73.1 Å². The lowest BCUT2D eigenvalue weighted by molar-refractivity contribution is 0.637. The Balaban J connectivity index is 1.65. The number of benzene rings is 2. The predicted octanol–water partition coefficient (Wildman–Crippen LogP) is 3.59. The lowest BCUT2D eigenvalue weighted by Crippen LogP contribution is -2.12. The highest BCUT2D eigenvalue weighted by atomic mass is 15.3. The Morgan fingerprint density at radius 1 is 0.905 bits per heavy atom. The molecule has 106 valence electrons. The van der Waals surface area contributed by atoms with Crippen LogP contribution in [0.25, 0.3) is 0 Å². The van der Waals surface area contributed by atoms with Gasteiger partial charge in [-0.15, -0.1) is 0 Å². The average Bonchev–Trinajstić information content (AvgIpc) is 3.03. The van der Waals surface area contributed by atoms with Crippen molar-refractivity contribution in [2.24, 2.45) is 0 Å². The van der Waals surface area contributed by atoms with Crippen molar-refractivity contribution >= 4 is 5.69 Å². The number of anilines is 1. The van der Waals surface area contributed by atoms with Crippen molar-refractivity contribution in [1.29, 1.82) is 0 Å². The first-order valence-electron chi connectivity index (χ1n) is 7.25. The highest BCUT2D eigenvalue weighted by Crippen LogP contribution is 2.18. The van der Waals surface area contributed by atoms with Crippen molar-refractivity contribution in [2.75, 3.05) is 11.9 Å². The Labute approximate surface area is 125 Å². The van der Waals surface area contributed by atoms with E-state index in [1.807, 2.05) is 23.1 Å². The van der Waals surface area contributed by atoms with Crippen LogP contribution in [0.4, 0.5) is 5.69 Å². The molecular weight excluding hydrogens is 258 g/mol. The Kier molecular flexibility index (Phi) is 4.32. The summed E-state index contributed by atoms with van der Waals surface area (Å²) in [6.07, 6.45) is 4.74. The second-order valence-electron chi connectivity index (χ2n) is 5.02. The fourth-order valence-corrected chi connectivity index (χ4v) is 2.40. The van der Waals surface area contributed by atoms with Crippen LogP contribution in [0.2, 0.25) is 0 Å². The van der Waals surface area contributed by atoms with Gasteiger partial charge in [0.15, 0.2) is 0 Å². The first kappa shape index (κ1) is 13.4. The minimum absolute atomic E-state index is 0.868. The molecule has 0 aliphatic heterocycles. The molecule has 3 heteroatoms. The van der Waals surface area contributed by atoms with Crippen molar-refractivity contribution < 1.29 is 0 Å². The third kappa shape index (κ3) is 3.72. The lowest BCUT2D eigenvalue weighted by Gasteiger charge is -2.12. The van der Waals surface area contributed by atoms with Crippen LogP contribution in [0.3, 0.4) is 0 Å². The van der Waals surface area contributed by atoms with Crippen LogP contribution in [0, 0.1) is 0 Å². The Bertz CT molecular complexity index is 660. The molecule has 0 amide bonds. The van der Waals surface area contributed by atoms with Gasteiger partial charge in [0.05, 0.1) is 6.54 Å². The molecule has 3 aromatic rings. The number of aromatic nitrogens is 2. The van der Waals surface area contributed by atoms with E-state index in [0.29, 0.717) is 0 Å². The number of hydrogen-bond acceptors (Lipinski definition) is 2. The summed E-state index contributed by atoms with van der Waals surface area (Å²) < 4.78 is 1.94. The summed E-state index contributed by atoms with van der Waals surface area (Å²) in [4.78, 5) is 0. The van der Waals surface area contributed by atoms with Crippen LogP contribution >= 0.6 is 0 Å². The molecule has 0 radical (unpaired) electrons. The number of para-hydroxylation sites is 1. The molecule has 0 saturated heterocycles. The molecule has 1 heterocycles. The van der Waals surface area contributed by atoms with Crippen LogP contribution in [0.5, 0.6) is 0 Å². The van der Waals surface area contributed by atoms with E-state index in [1.54, 1.807) is 0 Å². The quantitative estimate of drug-likeness (QED) is 0.746. The van der Waals surface area contributed by atoms with Gasteiger partial charge in [0.1, 0.15) is 0 Å². The highest BCUT2D eigenvalue weighted by molar-refractivity contribution is 5.52. The molecule has 21 heavy (non-hydrogen) atoms. The van der Waals surface area contributed by atoms with E-state index in [4.69, 9.17) is 0 Å². The van der Waals surface area contributed by atoms with E-state index in [0.717, 1.165) is 19.5 Å². The zero-order valence-electron chi connectivity index (χ0n) is 11.9. The zero-order valence-corrected chi connectivity index (χ0v) is 11.9. The second kappa shape index (κ2) is 6.75. The molecule has 2 aromatic carbocycles. The van der Waals surface area contributed by atoms with Gasteiger partial charge in [-0.05, 0) is 29.7 Å². The van der Waals surface area contributed by atoms with E-state index in [-0.39, 0.29) is 0 Å². The number of rotatable bonds is 6. The molecule has 0 aliphatic carbocycles. The molecule has 3 rings (SSSR count). The van der Waals surface area contributed by atoms with Crippen LogP contribution in [-0.4, -0.2) is 16.3 Å². The minimum atomic E-state index is 0.868. The van der Waals surface area contributed by atoms with Gasteiger partial charge in [-0.3, -0.25) is 4.68 Å². The first-order chi connectivity index (χ1) is 10.4. The third-order valence-electron chi connectivity index (χ3n) is 3.47. The maximum atomic E-state index is 4.21. The summed E-state index contributed by atoms with van der Waals surface area (Å²) in [5.41, 5.74) is 3.86. The van der Waals surface area contributed by atoms with E-state index in [1.165, 1.54) is 16.8 Å². The summed E-state index contributed by atoms with van der Waals surface area (Å²) in [5, 5.41) is 7.73. The highest BCUT2D eigenvalue weighted by Gasteiger charge is 2.02. The summed E-state index contributed by atoms with van der Waals surface area (Å²) in [6.45, 7) is 1.74. The fourth-order valence-electron chi connectivity index (χ4n) is 2.40. The van der Waals surface area contributed by atoms with Crippen molar-refractivity contribution in [3.05, 3.63) is 84.2 Å². The van der Waals surface area contributed by atoms with E-state index >= 15 is 0 Å². The van der Waals surface area contributed by atoms with Crippen molar-refractivity contribution in [1.82, 2.24) is 9.78 Å². The van der Waals surface area contributed by atoms with Crippen molar-refractivity contribution in [3.8, 4) is 0 Å². The molecule has 0 spiro atoms. The summed E-state index contributed by atoms with van der Waals surface area (Å²) >= 11 is 0. The first-order valence-corrected chi connectivity index (χ1v) is 7.25. The maximum Gasteiger partial charge on any atom is 0.0582 e. The minimum Gasteiger partial charge on any atom is -0.383 e. The molecule has 3 nitrogen and oxygen atoms in total.